The van der Waals surface area contributed by atoms with E-state index < -0.39 is 0 Å². The van der Waals surface area contributed by atoms with Gasteiger partial charge < -0.3 is 0 Å². The Morgan fingerprint density at radius 2 is 2.27 bits per heavy atom. The van der Waals surface area contributed by atoms with Crippen molar-refractivity contribution < 1.29 is 0 Å². The zero-order valence-electron chi connectivity index (χ0n) is 9.02. The molecule has 0 saturated heterocycles. The summed E-state index contributed by atoms with van der Waals surface area (Å²) < 4.78 is 1.84. The smallest absolute Gasteiger partial charge is 0.185 e. The number of nitrogens with zero attached hydrogens (tertiary/aromatic N) is 3. The van der Waals surface area contributed by atoms with Gasteiger partial charge in [0.05, 0.1) is 0 Å². The van der Waals surface area contributed by atoms with Gasteiger partial charge in [0.15, 0.2) is 5.16 Å². The van der Waals surface area contributed by atoms with Crippen molar-refractivity contribution in [1.29, 1.82) is 0 Å². The molecule has 1 fully saturated rings. The largest absolute Gasteiger partial charge is 0.244 e. The number of thioether (sulfide) groups is 1. The van der Waals surface area contributed by atoms with Gasteiger partial charge >= 0.3 is 0 Å². The number of rotatable bonds is 4. The van der Waals surface area contributed by atoms with E-state index in [-0.39, 0.29) is 0 Å². The van der Waals surface area contributed by atoms with Crippen LogP contribution < -0.4 is 0 Å². The zero-order valence-corrected chi connectivity index (χ0v) is 10.7. The van der Waals surface area contributed by atoms with Crippen molar-refractivity contribution >= 4 is 24.4 Å². The first-order valence-electron chi connectivity index (χ1n) is 5.33. The molecule has 0 atom stereocenters. The second kappa shape index (κ2) is 4.78. The standard InChI is InChI=1S/C10H17N3S2/c1-13-9(11-8-12-13)15-7-10(6-14)4-2-3-5-10/h8,14H,2-7H2,1H3. The highest BCUT2D eigenvalue weighted by Crippen LogP contribution is 2.42. The summed E-state index contributed by atoms with van der Waals surface area (Å²) in [5.74, 6) is 2.13. The topological polar surface area (TPSA) is 30.7 Å². The molecule has 0 radical (unpaired) electrons. The summed E-state index contributed by atoms with van der Waals surface area (Å²) in [6, 6.07) is 0. The molecule has 1 saturated carbocycles. The molecule has 1 aromatic heterocycles. The third-order valence-electron chi connectivity index (χ3n) is 3.18. The maximum absolute atomic E-state index is 4.50. The molecule has 15 heavy (non-hydrogen) atoms. The number of hydrogen-bond acceptors (Lipinski definition) is 4. The Kier molecular flexibility index (Phi) is 3.61. The molecule has 0 spiro atoms. The molecule has 84 valence electrons. The van der Waals surface area contributed by atoms with Crippen molar-refractivity contribution in [2.45, 2.75) is 30.8 Å². The first-order valence-corrected chi connectivity index (χ1v) is 6.95. The summed E-state index contributed by atoms with van der Waals surface area (Å²) in [6.07, 6.45) is 6.98. The highest BCUT2D eigenvalue weighted by molar-refractivity contribution is 7.99. The molecule has 1 aliphatic rings. The van der Waals surface area contributed by atoms with Crippen molar-refractivity contribution in [3.63, 3.8) is 0 Å². The molecule has 0 amide bonds. The predicted molar refractivity (Wildman–Crippen MR) is 66.5 cm³/mol. The molecule has 5 heteroatoms. The first kappa shape index (κ1) is 11.3. The molecule has 3 nitrogen and oxygen atoms in total. The molecule has 0 N–H and O–H groups in total. The Hall–Kier alpha value is -0.160. The van der Waals surface area contributed by atoms with Crippen molar-refractivity contribution in [2.75, 3.05) is 11.5 Å². The van der Waals surface area contributed by atoms with E-state index in [2.05, 4.69) is 22.7 Å². The lowest BCUT2D eigenvalue weighted by atomic mass is 9.91. The van der Waals surface area contributed by atoms with Gasteiger partial charge in [-0.2, -0.15) is 17.7 Å². The van der Waals surface area contributed by atoms with Crippen LogP contribution >= 0.6 is 24.4 Å². The van der Waals surface area contributed by atoms with Gasteiger partial charge in [-0.25, -0.2) is 9.67 Å². The third kappa shape index (κ3) is 2.50. The minimum absolute atomic E-state index is 0.444. The van der Waals surface area contributed by atoms with E-state index in [1.807, 2.05) is 23.5 Å². The van der Waals surface area contributed by atoms with Gasteiger partial charge in [-0.1, -0.05) is 24.6 Å². The monoisotopic (exact) mass is 243 g/mol. The fourth-order valence-corrected chi connectivity index (χ4v) is 3.87. The van der Waals surface area contributed by atoms with E-state index in [0.717, 1.165) is 16.7 Å². The average molecular weight is 243 g/mol. The molecule has 1 heterocycles. The highest BCUT2D eigenvalue weighted by Gasteiger charge is 2.32. The Morgan fingerprint density at radius 1 is 1.53 bits per heavy atom. The molecular weight excluding hydrogens is 226 g/mol. The number of aromatic nitrogens is 3. The number of hydrogen-bond donors (Lipinski definition) is 1. The van der Waals surface area contributed by atoms with Crippen LogP contribution in [0.25, 0.3) is 0 Å². The number of aryl methyl sites for hydroxylation is 1. The fourth-order valence-electron chi connectivity index (χ4n) is 2.11. The quantitative estimate of drug-likeness (QED) is 0.651. The Morgan fingerprint density at radius 3 is 2.80 bits per heavy atom. The van der Waals surface area contributed by atoms with Gasteiger partial charge in [0, 0.05) is 12.8 Å². The lowest BCUT2D eigenvalue weighted by Gasteiger charge is -2.25. The van der Waals surface area contributed by atoms with Crippen LogP contribution in [0.4, 0.5) is 0 Å². The highest BCUT2D eigenvalue weighted by atomic mass is 32.2. The van der Waals surface area contributed by atoms with Gasteiger partial charge in [0.25, 0.3) is 0 Å². The third-order valence-corrected chi connectivity index (χ3v) is 5.23. The molecule has 0 aromatic carbocycles. The van der Waals surface area contributed by atoms with Crippen LogP contribution in [0.15, 0.2) is 11.5 Å². The van der Waals surface area contributed by atoms with Crippen LogP contribution in [0.5, 0.6) is 0 Å². The summed E-state index contributed by atoms with van der Waals surface area (Å²) in [5.41, 5.74) is 0.444. The molecule has 1 aliphatic carbocycles. The summed E-state index contributed by atoms with van der Waals surface area (Å²) in [7, 11) is 1.94. The van der Waals surface area contributed by atoms with Crippen LogP contribution in [0.2, 0.25) is 0 Å². The van der Waals surface area contributed by atoms with Crippen LogP contribution in [0, 0.1) is 5.41 Å². The maximum atomic E-state index is 4.50. The Balaban J connectivity index is 1.94. The van der Waals surface area contributed by atoms with Crippen LogP contribution in [0.3, 0.4) is 0 Å². The SMILES string of the molecule is Cn1ncnc1SCC1(CS)CCCC1. The van der Waals surface area contributed by atoms with E-state index in [1.165, 1.54) is 25.7 Å². The summed E-state index contributed by atoms with van der Waals surface area (Å²) in [4.78, 5) is 4.23. The van der Waals surface area contributed by atoms with Gasteiger partial charge in [0.2, 0.25) is 0 Å². The van der Waals surface area contributed by atoms with Gasteiger partial charge in [0.1, 0.15) is 6.33 Å². The van der Waals surface area contributed by atoms with E-state index in [1.54, 1.807) is 6.33 Å². The molecule has 0 unspecified atom stereocenters. The Bertz CT molecular complexity index is 318. The molecule has 1 aromatic rings. The zero-order chi connectivity index (χ0) is 10.7. The minimum Gasteiger partial charge on any atom is -0.244 e. The summed E-state index contributed by atoms with van der Waals surface area (Å²) in [6.45, 7) is 0. The lowest BCUT2D eigenvalue weighted by Crippen LogP contribution is -2.21. The van der Waals surface area contributed by atoms with E-state index in [0.29, 0.717) is 5.41 Å². The van der Waals surface area contributed by atoms with E-state index in [9.17, 15) is 0 Å². The van der Waals surface area contributed by atoms with E-state index in [4.69, 9.17) is 0 Å². The predicted octanol–water partition coefficient (Wildman–Crippen LogP) is 2.40. The molecule has 2 rings (SSSR count). The molecular formula is C10H17N3S2. The summed E-state index contributed by atoms with van der Waals surface area (Å²) >= 11 is 6.32. The second-order valence-electron chi connectivity index (χ2n) is 4.32. The summed E-state index contributed by atoms with van der Waals surface area (Å²) in [5, 5.41) is 5.09. The molecule has 0 aliphatic heterocycles. The number of thiol groups is 1. The van der Waals surface area contributed by atoms with Gasteiger partial charge in [-0.05, 0) is 24.0 Å². The van der Waals surface area contributed by atoms with Crippen molar-refractivity contribution in [1.82, 2.24) is 14.8 Å². The normalized spacial score (nSPS) is 19.6. The van der Waals surface area contributed by atoms with Crippen LogP contribution in [-0.4, -0.2) is 26.3 Å². The second-order valence-corrected chi connectivity index (χ2v) is 5.58. The van der Waals surface area contributed by atoms with Crippen molar-refractivity contribution in [3.8, 4) is 0 Å². The van der Waals surface area contributed by atoms with Crippen LogP contribution in [0.1, 0.15) is 25.7 Å². The maximum Gasteiger partial charge on any atom is 0.185 e. The van der Waals surface area contributed by atoms with Crippen LogP contribution in [-0.2, 0) is 7.05 Å². The first-order chi connectivity index (χ1) is 7.26. The van der Waals surface area contributed by atoms with Gasteiger partial charge in [-0.15, -0.1) is 0 Å². The fraction of sp³-hybridized carbons (Fsp3) is 0.800. The van der Waals surface area contributed by atoms with Crippen molar-refractivity contribution in [2.24, 2.45) is 12.5 Å². The van der Waals surface area contributed by atoms with Gasteiger partial charge in [-0.3, -0.25) is 0 Å². The Labute approximate surface area is 100 Å². The average Bonchev–Trinajstić information content (AvgIpc) is 2.85. The lowest BCUT2D eigenvalue weighted by molar-refractivity contribution is 0.403. The minimum atomic E-state index is 0.444. The van der Waals surface area contributed by atoms with Crippen molar-refractivity contribution in [3.05, 3.63) is 6.33 Å². The molecule has 0 bridgehead atoms. The van der Waals surface area contributed by atoms with E-state index >= 15 is 0 Å².